The molecule has 1 aromatic heterocycles. The highest BCUT2D eigenvalue weighted by Crippen LogP contribution is 2.26. The van der Waals surface area contributed by atoms with Gasteiger partial charge in [0.15, 0.2) is 0 Å². The fourth-order valence-electron chi connectivity index (χ4n) is 1.52. The van der Waals surface area contributed by atoms with E-state index in [9.17, 15) is 9.90 Å². The Balaban J connectivity index is 2.49. The zero-order valence-corrected chi connectivity index (χ0v) is 9.16. The van der Waals surface area contributed by atoms with Crippen LogP contribution in [0, 0.1) is 11.3 Å². The molecule has 0 saturated heterocycles. The van der Waals surface area contributed by atoms with Gasteiger partial charge in [-0.15, -0.1) is 0 Å². The minimum atomic E-state index is -1.07. The zero-order chi connectivity index (χ0) is 13.1. The highest BCUT2D eigenvalue weighted by atomic mass is 16.4. The number of aromatic hydroxyl groups is 1. The Morgan fingerprint density at radius 3 is 2.61 bits per heavy atom. The maximum Gasteiger partial charge on any atom is 0.337 e. The molecular weight excluding hydrogens is 232 g/mol. The number of nitrogens with zero attached hydrogens (tertiary/aromatic N) is 2. The van der Waals surface area contributed by atoms with E-state index in [2.05, 4.69) is 4.98 Å². The van der Waals surface area contributed by atoms with Crippen LogP contribution in [0.1, 0.15) is 15.9 Å². The van der Waals surface area contributed by atoms with Crippen LogP contribution in [0.5, 0.6) is 5.75 Å². The second kappa shape index (κ2) is 4.55. The number of phenolic OH excluding ortho intramolecular Hbond substituents is 1. The Kier molecular flexibility index (Phi) is 2.94. The Morgan fingerprint density at radius 2 is 2.00 bits per heavy atom. The summed E-state index contributed by atoms with van der Waals surface area (Å²) in [6, 6.07) is 7.80. The number of hydrogen-bond donors (Lipinski definition) is 2. The first-order valence-electron chi connectivity index (χ1n) is 5.03. The number of hydrogen-bond acceptors (Lipinski definition) is 4. The van der Waals surface area contributed by atoms with Crippen LogP contribution < -0.4 is 0 Å². The molecule has 0 unspecified atom stereocenters. The van der Waals surface area contributed by atoms with Crippen LogP contribution in [0.4, 0.5) is 0 Å². The predicted molar refractivity (Wildman–Crippen MR) is 63.0 cm³/mol. The van der Waals surface area contributed by atoms with Gasteiger partial charge in [-0.05, 0) is 23.8 Å². The zero-order valence-electron chi connectivity index (χ0n) is 9.16. The van der Waals surface area contributed by atoms with Gasteiger partial charge in [0.1, 0.15) is 11.8 Å². The Hall–Kier alpha value is -2.87. The van der Waals surface area contributed by atoms with E-state index >= 15 is 0 Å². The van der Waals surface area contributed by atoms with E-state index < -0.39 is 5.97 Å². The molecule has 0 aliphatic carbocycles. The number of carboxylic acid groups (broad SMARTS) is 1. The van der Waals surface area contributed by atoms with Crippen molar-refractivity contribution in [3.8, 4) is 22.9 Å². The number of aromatic carboxylic acids is 1. The SMILES string of the molecule is N#Cc1ccc(-c2cncc(C(=O)O)c2)cc1O. The Morgan fingerprint density at radius 1 is 1.22 bits per heavy atom. The molecule has 0 bridgehead atoms. The topological polar surface area (TPSA) is 94.2 Å². The monoisotopic (exact) mass is 240 g/mol. The smallest absolute Gasteiger partial charge is 0.337 e. The van der Waals surface area contributed by atoms with Crippen LogP contribution in [0.15, 0.2) is 36.7 Å². The largest absolute Gasteiger partial charge is 0.507 e. The molecule has 5 nitrogen and oxygen atoms in total. The van der Waals surface area contributed by atoms with Crippen molar-refractivity contribution in [3.63, 3.8) is 0 Å². The third kappa shape index (κ3) is 2.13. The van der Waals surface area contributed by atoms with E-state index in [1.54, 1.807) is 6.07 Å². The lowest BCUT2D eigenvalue weighted by Crippen LogP contribution is -1.97. The maximum atomic E-state index is 10.8. The first kappa shape index (κ1) is 11.6. The first-order valence-corrected chi connectivity index (χ1v) is 5.03. The van der Waals surface area contributed by atoms with Gasteiger partial charge in [-0.25, -0.2) is 4.79 Å². The number of carbonyl (C=O) groups is 1. The summed E-state index contributed by atoms with van der Waals surface area (Å²) < 4.78 is 0. The minimum absolute atomic E-state index is 0.0661. The van der Waals surface area contributed by atoms with Gasteiger partial charge in [-0.1, -0.05) is 6.07 Å². The van der Waals surface area contributed by atoms with Crippen molar-refractivity contribution in [2.45, 2.75) is 0 Å². The van der Waals surface area contributed by atoms with E-state index in [4.69, 9.17) is 10.4 Å². The van der Waals surface area contributed by atoms with Crippen molar-refractivity contribution in [1.82, 2.24) is 4.98 Å². The molecule has 0 radical (unpaired) electrons. The number of pyridine rings is 1. The second-order valence-electron chi connectivity index (χ2n) is 3.61. The van der Waals surface area contributed by atoms with Crippen molar-refractivity contribution >= 4 is 5.97 Å². The predicted octanol–water partition coefficient (Wildman–Crippen LogP) is 2.02. The molecular formula is C13H8N2O3. The van der Waals surface area contributed by atoms with E-state index in [-0.39, 0.29) is 16.9 Å². The molecule has 1 aromatic carbocycles. The summed E-state index contributed by atoms with van der Waals surface area (Å²) in [5.74, 6) is -1.21. The molecule has 0 fully saturated rings. The second-order valence-corrected chi connectivity index (χ2v) is 3.61. The van der Waals surface area contributed by atoms with Gasteiger partial charge in [0.2, 0.25) is 0 Å². The summed E-state index contributed by atoms with van der Waals surface area (Å²) in [5.41, 5.74) is 1.40. The quantitative estimate of drug-likeness (QED) is 0.837. The van der Waals surface area contributed by atoms with Gasteiger partial charge in [0, 0.05) is 18.0 Å². The summed E-state index contributed by atoms with van der Waals surface area (Å²) in [5, 5.41) is 27.1. The molecule has 2 aromatic rings. The maximum absolute atomic E-state index is 10.8. The van der Waals surface area contributed by atoms with Gasteiger partial charge in [-0.3, -0.25) is 4.98 Å². The Bertz CT molecular complexity index is 660. The van der Waals surface area contributed by atoms with Crippen LogP contribution in [0.25, 0.3) is 11.1 Å². The summed E-state index contributed by atoms with van der Waals surface area (Å²) in [6.45, 7) is 0. The first-order chi connectivity index (χ1) is 8.61. The Labute approximate surface area is 103 Å². The third-order valence-corrected chi connectivity index (χ3v) is 2.44. The van der Waals surface area contributed by atoms with E-state index in [0.717, 1.165) is 0 Å². The molecule has 0 aliphatic heterocycles. The van der Waals surface area contributed by atoms with E-state index in [1.165, 1.54) is 30.6 Å². The molecule has 0 spiro atoms. The van der Waals surface area contributed by atoms with Crippen LogP contribution in [-0.4, -0.2) is 21.2 Å². The molecule has 2 N–H and O–H groups in total. The van der Waals surface area contributed by atoms with E-state index in [1.807, 2.05) is 6.07 Å². The van der Waals surface area contributed by atoms with Gasteiger partial charge >= 0.3 is 5.97 Å². The molecule has 18 heavy (non-hydrogen) atoms. The number of carboxylic acids is 1. The molecule has 0 aliphatic rings. The summed E-state index contributed by atoms with van der Waals surface area (Å²) >= 11 is 0. The molecule has 1 heterocycles. The van der Waals surface area contributed by atoms with Crippen LogP contribution in [0.2, 0.25) is 0 Å². The number of rotatable bonds is 2. The molecule has 0 atom stereocenters. The average molecular weight is 240 g/mol. The summed E-state index contributed by atoms with van der Waals surface area (Å²) in [6.07, 6.45) is 2.74. The van der Waals surface area contributed by atoms with Gasteiger partial charge < -0.3 is 10.2 Å². The van der Waals surface area contributed by atoms with Crippen molar-refractivity contribution in [1.29, 1.82) is 5.26 Å². The van der Waals surface area contributed by atoms with Crippen molar-refractivity contribution in [2.24, 2.45) is 0 Å². The molecule has 2 rings (SSSR count). The summed E-state index contributed by atoms with van der Waals surface area (Å²) in [7, 11) is 0. The molecule has 88 valence electrons. The van der Waals surface area contributed by atoms with Gasteiger partial charge in [0.05, 0.1) is 11.1 Å². The lowest BCUT2D eigenvalue weighted by molar-refractivity contribution is 0.0696. The third-order valence-electron chi connectivity index (χ3n) is 2.44. The van der Waals surface area contributed by atoms with Crippen molar-refractivity contribution in [2.75, 3.05) is 0 Å². The number of nitriles is 1. The van der Waals surface area contributed by atoms with Crippen LogP contribution >= 0.6 is 0 Å². The van der Waals surface area contributed by atoms with E-state index in [0.29, 0.717) is 11.1 Å². The highest BCUT2D eigenvalue weighted by molar-refractivity contribution is 5.88. The van der Waals surface area contributed by atoms with Crippen molar-refractivity contribution < 1.29 is 15.0 Å². The van der Waals surface area contributed by atoms with Crippen molar-refractivity contribution in [3.05, 3.63) is 47.8 Å². The molecule has 0 saturated carbocycles. The molecule has 0 amide bonds. The average Bonchev–Trinajstić information content (AvgIpc) is 2.38. The van der Waals surface area contributed by atoms with Crippen LogP contribution in [0.3, 0.4) is 0 Å². The number of benzene rings is 1. The standard InChI is InChI=1S/C13H8N2O3/c14-5-9-2-1-8(4-12(9)16)10-3-11(13(17)18)7-15-6-10/h1-4,6-7,16H,(H,17,18). The molecule has 5 heteroatoms. The minimum Gasteiger partial charge on any atom is -0.507 e. The number of phenols is 1. The number of aromatic nitrogens is 1. The van der Waals surface area contributed by atoms with Crippen LogP contribution in [-0.2, 0) is 0 Å². The lowest BCUT2D eigenvalue weighted by Gasteiger charge is -2.04. The fraction of sp³-hybridized carbons (Fsp3) is 0. The normalized spacial score (nSPS) is 9.72. The lowest BCUT2D eigenvalue weighted by atomic mass is 10.0. The highest BCUT2D eigenvalue weighted by Gasteiger charge is 2.07. The van der Waals surface area contributed by atoms with Gasteiger partial charge in [0.25, 0.3) is 0 Å². The van der Waals surface area contributed by atoms with Gasteiger partial charge in [-0.2, -0.15) is 5.26 Å². The summed E-state index contributed by atoms with van der Waals surface area (Å²) in [4.78, 5) is 14.6. The fourth-order valence-corrected chi connectivity index (χ4v) is 1.52.